The van der Waals surface area contributed by atoms with Gasteiger partial charge in [-0.2, -0.15) is 0 Å². The summed E-state index contributed by atoms with van der Waals surface area (Å²) in [5, 5.41) is 0.781. The Kier molecular flexibility index (Phi) is 2.82. The standard InChI is InChI=1S/C18H14N2O2/c21-17-9-15(14-7-3-4-8-16(14)19-17)18(22)20-10-12-5-1-2-6-13(12)11-20/h1-9H,10-11H2,(H,19,21). The predicted molar refractivity (Wildman–Crippen MR) is 84.6 cm³/mol. The number of fused-ring (bicyclic) bond motifs is 2. The average Bonchev–Trinajstić information content (AvgIpc) is 2.97. The van der Waals surface area contributed by atoms with Gasteiger partial charge in [-0.25, -0.2) is 0 Å². The number of carbonyl (C=O) groups excluding carboxylic acids is 1. The van der Waals surface area contributed by atoms with E-state index < -0.39 is 0 Å². The SMILES string of the molecule is O=C(c1cc(=O)[nH]c2ccccc12)N1Cc2ccccc2C1. The number of aromatic nitrogens is 1. The highest BCUT2D eigenvalue weighted by Gasteiger charge is 2.25. The fraction of sp³-hybridized carbons (Fsp3) is 0.111. The molecule has 2 aromatic carbocycles. The second-order valence-corrected chi connectivity index (χ2v) is 5.52. The quantitative estimate of drug-likeness (QED) is 0.749. The van der Waals surface area contributed by atoms with Crippen molar-refractivity contribution in [3.63, 3.8) is 0 Å². The lowest BCUT2D eigenvalue weighted by Crippen LogP contribution is -2.26. The Morgan fingerprint density at radius 3 is 2.32 bits per heavy atom. The van der Waals surface area contributed by atoms with Gasteiger partial charge < -0.3 is 9.88 Å². The Balaban J connectivity index is 1.77. The van der Waals surface area contributed by atoms with Gasteiger partial charge in [0.15, 0.2) is 0 Å². The molecular weight excluding hydrogens is 276 g/mol. The molecule has 1 N–H and O–H groups in total. The molecule has 2 heterocycles. The molecule has 1 aliphatic heterocycles. The van der Waals surface area contributed by atoms with Crippen LogP contribution in [0.15, 0.2) is 59.4 Å². The number of hydrogen-bond acceptors (Lipinski definition) is 2. The molecule has 4 heteroatoms. The summed E-state index contributed by atoms with van der Waals surface area (Å²) in [6.45, 7) is 1.19. The number of para-hydroxylation sites is 1. The van der Waals surface area contributed by atoms with Crippen molar-refractivity contribution in [1.82, 2.24) is 9.88 Å². The van der Waals surface area contributed by atoms with E-state index in [-0.39, 0.29) is 11.5 Å². The Bertz CT molecular complexity index is 918. The maximum atomic E-state index is 12.9. The van der Waals surface area contributed by atoms with Gasteiger partial charge in [-0.15, -0.1) is 0 Å². The third-order valence-corrected chi connectivity index (χ3v) is 4.11. The molecule has 3 aromatic rings. The molecule has 0 bridgehead atoms. The van der Waals surface area contributed by atoms with Gasteiger partial charge in [-0.05, 0) is 17.2 Å². The Hall–Kier alpha value is -2.88. The van der Waals surface area contributed by atoms with Crippen LogP contribution in [0.1, 0.15) is 21.5 Å². The minimum absolute atomic E-state index is 0.0986. The van der Waals surface area contributed by atoms with Crippen LogP contribution in [0.4, 0.5) is 0 Å². The molecule has 0 radical (unpaired) electrons. The maximum Gasteiger partial charge on any atom is 0.255 e. The van der Waals surface area contributed by atoms with Crippen LogP contribution in [0.2, 0.25) is 0 Å². The highest BCUT2D eigenvalue weighted by molar-refractivity contribution is 6.06. The third-order valence-electron chi connectivity index (χ3n) is 4.11. The lowest BCUT2D eigenvalue weighted by Gasteiger charge is -2.16. The smallest absolute Gasteiger partial charge is 0.255 e. The van der Waals surface area contributed by atoms with Crippen molar-refractivity contribution in [3.05, 3.63) is 81.6 Å². The molecule has 1 aliphatic rings. The summed E-state index contributed by atoms with van der Waals surface area (Å²) in [6.07, 6.45) is 0. The molecule has 108 valence electrons. The van der Waals surface area contributed by atoms with Crippen LogP contribution in [0, 0.1) is 0 Å². The summed E-state index contributed by atoms with van der Waals surface area (Å²) in [5.74, 6) is -0.0986. The van der Waals surface area contributed by atoms with E-state index in [2.05, 4.69) is 4.98 Å². The topological polar surface area (TPSA) is 53.2 Å². The van der Waals surface area contributed by atoms with Crippen molar-refractivity contribution in [1.29, 1.82) is 0 Å². The normalized spacial score (nSPS) is 13.4. The summed E-state index contributed by atoms with van der Waals surface area (Å²) in [5.41, 5.74) is 3.25. The molecule has 4 nitrogen and oxygen atoms in total. The van der Waals surface area contributed by atoms with E-state index in [1.165, 1.54) is 17.2 Å². The van der Waals surface area contributed by atoms with Crippen LogP contribution >= 0.6 is 0 Å². The highest BCUT2D eigenvalue weighted by Crippen LogP contribution is 2.25. The predicted octanol–water partition coefficient (Wildman–Crippen LogP) is 2.68. The molecule has 0 saturated heterocycles. The molecule has 0 saturated carbocycles. The molecule has 0 unspecified atom stereocenters. The van der Waals surface area contributed by atoms with Crippen molar-refractivity contribution in [2.75, 3.05) is 0 Å². The zero-order valence-corrected chi connectivity index (χ0v) is 11.9. The van der Waals surface area contributed by atoms with Gasteiger partial charge in [0, 0.05) is 30.1 Å². The molecule has 4 rings (SSSR count). The van der Waals surface area contributed by atoms with Crippen molar-refractivity contribution in [2.24, 2.45) is 0 Å². The van der Waals surface area contributed by atoms with Gasteiger partial charge in [-0.3, -0.25) is 9.59 Å². The number of rotatable bonds is 1. The molecule has 1 amide bonds. The molecule has 0 spiro atoms. The number of hydrogen-bond donors (Lipinski definition) is 1. The summed E-state index contributed by atoms with van der Waals surface area (Å²) >= 11 is 0. The first kappa shape index (κ1) is 12.8. The van der Waals surface area contributed by atoms with Crippen LogP contribution in [-0.4, -0.2) is 15.8 Å². The fourth-order valence-electron chi connectivity index (χ4n) is 3.03. The van der Waals surface area contributed by atoms with Gasteiger partial charge in [0.1, 0.15) is 0 Å². The van der Waals surface area contributed by atoms with E-state index in [9.17, 15) is 9.59 Å². The minimum atomic E-state index is -0.251. The summed E-state index contributed by atoms with van der Waals surface area (Å²) < 4.78 is 0. The number of amides is 1. The number of H-pyrrole nitrogens is 1. The van der Waals surface area contributed by atoms with Crippen molar-refractivity contribution in [3.8, 4) is 0 Å². The van der Waals surface area contributed by atoms with Gasteiger partial charge in [0.2, 0.25) is 5.56 Å². The van der Waals surface area contributed by atoms with Crippen LogP contribution < -0.4 is 5.56 Å². The van der Waals surface area contributed by atoms with E-state index >= 15 is 0 Å². The number of carbonyl (C=O) groups is 1. The Labute approximate surface area is 127 Å². The first-order chi connectivity index (χ1) is 10.7. The van der Waals surface area contributed by atoms with Crippen molar-refractivity contribution < 1.29 is 4.79 Å². The second kappa shape index (κ2) is 4.84. The lowest BCUT2D eigenvalue weighted by molar-refractivity contribution is 0.0753. The van der Waals surface area contributed by atoms with Gasteiger partial charge in [-0.1, -0.05) is 42.5 Å². The molecule has 1 aromatic heterocycles. The maximum absolute atomic E-state index is 12.9. The minimum Gasteiger partial charge on any atom is -0.330 e. The van der Waals surface area contributed by atoms with Gasteiger partial charge in [0.05, 0.1) is 5.56 Å². The van der Waals surface area contributed by atoms with Crippen LogP contribution in [-0.2, 0) is 13.1 Å². The van der Waals surface area contributed by atoms with Gasteiger partial charge >= 0.3 is 0 Å². The van der Waals surface area contributed by atoms with E-state index in [0.29, 0.717) is 24.2 Å². The second-order valence-electron chi connectivity index (χ2n) is 5.52. The monoisotopic (exact) mass is 290 g/mol. The molecule has 0 atom stereocenters. The zero-order chi connectivity index (χ0) is 15.1. The van der Waals surface area contributed by atoms with Crippen molar-refractivity contribution >= 4 is 16.8 Å². The van der Waals surface area contributed by atoms with E-state index in [1.807, 2.05) is 48.5 Å². The first-order valence-corrected chi connectivity index (χ1v) is 7.20. The lowest BCUT2D eigenvalue weighted by atomic mass is 10.1. The molecule has 22 heavy (non-hydrogen) atoms. The molecule has 0 fully saturated rings. The molecule has 0 aliphatic carbocycles. The van der Waals surface area contributed by atoms with Crippen LogP contribution in [0.3, 0.4) is 0 Å². The van der Waals surface area contributed by atoms with E-state index in [4.69, 9.17) is 0 Å². The number of nitrogens with zero attached hydrogens (tertiary/aromatic N) is 1. The Morgan fingerprint density at radius 1 is 0.955 bits per heavy atom. The summed E-state index contributed by atoms with van der Waals surface area (Å²) in [7, 11) is 0. The third kappa shape index (κ3) is 2.00. The van der Waals surface area contributed by atoms with E-state index in [0.717, 1.165) is 5.39 Å². The number of benzene rings is 2. The van der Waals surface area contributed by atoms with Crippen LogP contribution in [0.25, 0.3) is 10.9 Å². The average molecular weight is 290 g/mol. The Morgan fingerprint density at radius 2 is 1.59 bits per heavy atom. The summed E-state index contributed by atoms with van der Waals surface area (Å²) in [4.78, 5) is 29.2. The largest absolute Gasteiger partial charge is 0.330 e. The fourth-order valence-corrected chi connectivity index (χ4v) is 3.03. The first-order valence-electron chi connectivity index (χ1n) is 7.20. The molecular formula is C18H14N2O2. The highest BCUT2D eigenvalue weighted by atomic mass is 16.2. The van der Waals surface area contributed by atoms with Crippen molar-refractivity contribution in [2.45, 2.75) is 13.1 Å². The number of aromatic amines is 1. The van der Waals surface area contributed by atoms with Crippen LogP contribution in [0.5, 0.6) is 0 Å². The summed E-state index contributed by atoms with van der Waals surface area (Å²) in [6, 6.07) is 16.8. The van der Waals surface area contributed by atoms with E-state index in [1.54, 1.807) is 4.90 Å². The number of pyridine rings is 1. The van der Waals surface area contributed by atoms with Gasteiger partial charge in [0.25, 0.3) is 5.91 Å². The number of nitrogens with one attached hydrogen (secondary N) is 1. The zero-order valence-electron chi connectivity index (χ0n) is 11.9.